The number of rotatable bonds is 10. The van der Waals surface area contributed by atoms with Crippen molar-refractivity contribution in [3.8, 4) is 5.75 Å². The maximum absolute atomic E-state index is 12.9. The fourth-order valence-electron chi connectivity index (χ4n) is 3.02. The van der Waals surface area contributed by atoms with E-state index in [-0.39, 0.29) is 30.1 Å². The van der Waals surface area contributed by atoms with Crippen molar-refractivity contribution in [1.29, 1.82) is 0 Å². The number of benzene rings is 3. The minimum atomic E-state index is -0.323. The molecule has 3 aromatic rings. The minimum absolute atomic E-state index is 0.0629. The van der Waals surface area contributed by atoms with E-state index in [2.05, 4.69) is 16.0 Å². The summed E-state index contributed by atoms with van der Waals surface area (Å²) in [6.45, 7) is -0.0629. The van der Waals surface area contributed by atoms with Crippen molar-refractivity contribution in [2.75, 3.05) is 42.5 Å². The Balaban J connectivity index is 1.62. The molecule has 8 nitrogen and oxygen atoms in total. The van der Waals surface area contributed by atoms with E-state index in [1.165, 1.54) is 18.9 Å². The van der Waals surface area contributed by atoms with Crippen LogP contribution in [0.25, 0.3) is 0 Å². The predicted octanol–water partition coefficient (Wildman–Crippen LogP) is 4.26. The number of nitrogens with one attached hydrogen (secondary N) is 3. The van der Waals surface area contributed by atoms with Gasteiger partial charge in [0.2, 0.25) is 11.8 Å². The topological polar surface area (TPSA) is 106 Å². The van der Waals surface area contributed by atoms with Crippen LogP contribution in [-0.4, -0.2) is 44.3 Å². The van der Waals surface area contributed by atoms with E-state index >= 15 is 0 Å². The maximum atomic E-state index is 12.9. The lowest BCUT2D eigenvalue weighted by molar-refractivity contribution is -0.119. The second-order valence-electron chi connectivity index (χ2n) is 7.08. The normalized spacial score (nSPS) is 10.3. The first-order valence-corrected chi connectivity index (χ1v) is 11.3. The highest BCUT2D eigenvalue weighted by atomic mass is 32.2. The molecule has 3 amide bonds. The third kappa shape index (κ3) is 7.36. The lowest BCUT2D eigenvalue weighted by Gasteiger charge is -2.12. The van der Waals surface area contributed by atoms with Crippen LogP contribution in [0.4, 0.5) is 17.1 Å². The standard InChI is InChI=1S/C25H25N3O5S/c1-32-15-23(29)26-17-7-5-8-18(13-17)28-25(31)21-11-3-4-12-22(21)34-16-24(30)27-19-9-6-10-20(14-19)33-2/h3-14H,15-16H2,1-2H3,(H,26,29)(H,27,30)(H,28,31). The van der Waals surface area contributed by atoms with Gasteiger partial charge < -0.3 is 25.4 Å². The summed E-state index contributed by atoms with van der Waals surface area (Å²) in [5.41, 5.74) is 2.14. The summed E-state index contributed by atoms with van der Waals surface area (Å²) in [7, 11) is 3.00. The van der Waals surface area contributed by atoms with Gasteiger partial charge in [0.1, 0.15) is 12.4 Å². The van der Waals surface area contributed by atoms with Crippen molar-refractivity contribution >= 4 is 46.5 Å². The molecule has 0 unspecified atom stereocenters. The van der Waals surface area contributed by atoms with Crippen LogP contribution < -0.4 is 20.7 Å². The number of hydrogen-bond acceptors (Lipinski definition) is 6. The van der Waals surface area contributed by atoms with Crippen molar-refractivity contribution in [2.45, 2.75) is 4.90 Å². The smallest absolute Gasteiger partial charge is 0.256 e. The van der Waals surface area contributed by atoms with E-state index in [0.717, 1.165) is 0 Å². The molecule has 0 heterocycles. The van der Waals surface area contributed by atoms with Gasteiger partial charge in [-0.15, -0.1) is 11.8 Å². The van der Waals surface area contributed by atoms with Gasteiger partial charge >= 0.3 is 0 Å². The van der Waals surface area contributed by atoms with Crippen molar-refractivity contribution in [2.24, 2.45) is 0 Å². The molecule has 0 aliphatic carbocycles. The molecular weight excluding hydrogens is 454 g/mol. The molecule has 0 bridgehead atoms. The molecule has 3 aromatic carbocycles. The number of methoxy groups -OCH3 is 2. The molecule has 0 radical (unpaired) electrons. The van der Waals surface area contributed by atoms with Crippen LogP contribution in [0.5, 0.6) is 5.75 Å². The van der Waals surface area contributed by atoms with Gasteiger partial charge in [-0.05, 0) is 42.5 Å². The van der Waals surface area contributed by atoms with Gasteiger partial charge in [0, 0.05) is 35.1 Å². The zero-order chi connectivity index (χ0) is 24.3. The number of hydrogen-bond donors (Lipinski definition) is 3. The third-order valence-corrected chi connectivity index (χ3v) is 5.60. The molecule has 0 aliphatic rings. The zero-order valence-electron chi connectivity index (χ0n) is 18.8. The van der Waals surface area contributed by atoms with Gasteiger partial charge in [-0.25, -0.2) is 0 Å². The number of ether oxygens (including phenoxy) is 2. The Bertz CT molecular complexity index is 1170. The Morgan fingerprint density at radius 3 is 2.15 bits per heavy atom. The molecule has 0 fully saturated rings. The second-order valence-corrected chi connectivity index (χ2v) is 8.10. The quantitative estimate of drug-likeness (QED) is 0.375. The van der Waals surface area contributed by atoms with E-state index in [9.17, 15) is 14.4 Å². The minimum Gasteiger partial charge on any atom is -0.497 e. The fraction of sp³-hybridized carbons (Fsp3) is 0.160. The molecule has 0 saturated heterocycles. The summed E-state index contributed by atoms with van der Waals surface area (Å²) >= 11 is 1.27. The Kier molecular flexibility index (Phi) is 9.07. The van der Waals surface area contributed by atoms with Crippen LogP contribution >= 0.6 is 11.8 Å². The van der Waals surface area contributed by atoms with Gasteiger partial charge in [-0.2, -0.15) is 0 Å². The van der Waals surface area contributed by atoms with Crippen molar-refractivity contribution in [1.82, 2.24) is 0 Å². The van der Waals surface area contributed by atoms with E-state index in [1.54, 1.807) is 73.8 Å². The highest BCUT2D eigenvalue weighted by molar-refractivity contribution is 8.00. The van der Waals surface area contributed by atoms with E-state index < -0.39 is 0 Å². The molecule has 0 spiro atoms. The summed E-state index contributed by atoms with van der Waals surface area (Å²) in [5, 5.41) is 8.35. The Labute approximate surface area is 202 Å². The first kappa shape index (κ1) is 24.8. The molecule has 9 heteroatoms. The number of thioether (sulfide) groups is 1. The molecule has 34 heavy (non-hydrogen) atoms. The lowest BCUT2D eigenvalue weighted by Crippen LogP contribution is -2.18. The Morgan fingerprint density at radius 2 is 1.41 bits per heavy atom. The Hall–Kier alpha value is -3.82. The van der Waals surface area contributed by atoms with Crippen LogP contribution in [0.1, 0.15) is 10.4 Å². The Morgan fingerprint density at radius 1 is 0.765 bits per heavy atom. The number of amides is 3. The molecule has 0 atom stereocenters. The van der Waals surface area contributed by atoms with Crippen LogP contribution in [0.2, 0.25) is 0 Å². The molecule has 3 rings (SSSR count). The predicted molar refractivity (Wildman–Crippen MR) is 134 cm³/mol. The number of anilines is 3. The fourth-order valence-corrected chi connectivity index (χ4v) is 3.87. The molecule has 0 aliphatic heterocycles. The first-order valence-electron chi connectivity index (χ1n) is 10.3. The number of carbonyl (C=O) groups excluding carboxylic acids is 3. The SMILES string of the molecule is COCC(=O)Nc1cccc(NC(=O)c2ccccc2SCC(=O)Nc2cccc(OC)c2)c1. The summed E-state index contributed by atoms with van der Waals surface area (Å²) in [4.78, 5) is 37.7. The highest BCUT2D eigenvalue weighted by Gasteiger charge is 2.14. The van der Waals surface area contributed by atoms with Crippen LogP contribution in [0.3, 0.4) is 0 Å². The summed E-state index contributed by atoms with van der Waals surface area (Å²) in [6, 6.07) is 21.0. The zero-order valence-corrected chi connectivity index (χ0v) is 19.6. The van der Waals surface area contributed by atoms with Crippen molar-refractivity contribution in [3.05, 3.63) is 78.4 Å². The molecule has 176 valence electrons. The van der Waals surface area contributed by atoms with Gasteiger partial charge in [0.25, 0.3) is 5.91 Å². The van der Waals surface area contributed by atoms with Crippen LogP contribution in [0.15, 0.2) is 77.7 Å². The van der Waals surface area contributed by atoms with Crippen molar-refractivity contribution < 1.29 is 23.9 Å². The van der Waals surface area contributed by atoms with Crippen LogP contribution in [0, 0.1) is 0 Å². The molecular formula is C25H25N3O5S. The van der Waals surface area contributed by atoms with Crippen molar-refractivity contribution in [3.63, 3.8) is 0 Å². The highest BCUT2D eigenvalue weighted by Crippen LogP contribution is 2.25. The third-order valence-electron chi connectivity index (χ3n) is 4.52. The molecule has 0 aromatic heterocycles. The van der Waals surface area contributed by atoms with E-state index in [4.69, 9.17) is 9.47 Å². The maximum Gasteiger partial charge on any atom is 0.256 e. The summed E-state index contributed by atoms with van der Waals surface area (Å²) in [6.07, 6.45) is 0. The van der Waals surface area contributed by atoms with Crippen LogP contribution in [-0.2, 0) is 14.3 Å². The van der Waals surface area contributed by atoms with Gasteiger partial charge in [0.15, 0.2) is 0 Å². The van der Waals surface area contributed by atoms with Gasteiger partial charge in [-0.3, -0.25) is 14.4 Å². The first-order chi connectivity index (χ1) is 16.5. The van der Waals surface area contributed by atoms with E-state index in [0.29, 0.717) is 33.3 Å². The molecule has 3 N–H and O–H groups in total. The second kappa shape index (κ2) is 12.4. The monoisotopic (exact) mass is 479 g/mol. The summed E-state index contributed by atoms with van der Waals surface area (Å²) in [5.74, 6) is -0.0397. The average Bonchev–Trinajstić information content (AvgIpc) is 2.83. The summed E-state index contributed by atoms with van der Waals surface area (Å²) < 4.78 is 9.97. The average molecular weight is 480 g/mol. The van der Waals surface area contributed by atoms with Gasteiger partial charge in [0.05, 0.1) is 18.4 Å². The number of carbonyl (C=O) groups is 3. The lowest BCUT2D eigenvalue weighted by atomic mass is 10.2. The largest absolute Gasteiger partial charge is 0.497 e. The molecule has 0 saturated carbocycles. The van der Waals surface area contributed by atoms with E-state index in [1.807, 2.05) is 6.07 Å². The van der Waals surface area contributed by atoms with Gasteiger partial charge in [-0.1, -0.05) is 24.3 Å².